The van der Waals surface area contributed by atoms with Gasteiger partial charge in [0.2, 0.25) is 0 Å². The van der Waals surface area contributed by atoms with Gasteiger partial charge in [0, 0.05) is 11.8 Å². The normalized spacial score (nSPS) is 10.8. The van der Waals surface area contributed by atoms with Crippen molar-refractivity contribution in [1.82, 2.24) is 9.97 Å². The van der Waals surface area contributed by atoms with Crippen LogP contribution in [0, 0.1) is 6.92 Å². The first-order valence-corrected chi connectivity index (χ1v) is 5.92. The van der Waals surface area contributed by atoms with E-state index in [-0.39, 0.29) is 0 Å². The number of nitrogens with zero attached hydrogens (tertiary/aromatic N) is 2. The summed E-state index contributed by atoms with van der Waals surface area (Å²) in [4.78, 5) is 8.65. The molecule has 1 aromatic carbocycles. The molecule has 0 radical (unpaired) electrons. The molecule has 3 heteroatoms. The van der Waals surface area contributed by atoms with Crippen LogP contribution in [0.25, 0.3) is 20.8 Å². The highest BCUT2D eigenvalue weighted by Gasteiger charge is 2.05. The number of fused-ring (bicyclic) bond motifs is 1. The van der Waals surface area contributed by atoms with E-state index in [0.29, 0.717) is 0 Å². The van der Waals surface area contributed by atoms with Crippen LogP contribution in [0.4, 0.5) is 0 Å². The molecule has 0 aliphatic heterocycles. The molecule has 0 spiro atoms. The topological polar surface area (TPSA) is 25.8 Å². The van der Waals surface area contributed by atoms with E-state index < -0.39 is 0 Å². The summed E-state index contributed by atoms with van der Waals surface area (Å²) in [6, 6.07) is 10.4. The molecular formula is C13H10N2S. The number of benzene rings is 1. The third kappa shape index (κ3) is 1.59. The fourth-order valence-electron chi connectivity index (χ4n) is 1.60. The van der Waals surface area contributed by atoms with Gasteiger partial charge < -0.3 is 0 Å². The Morgan fingerprint density at radius 3 is 2.62 bits per heavy atom. The third-order valence-electron chi connectivity index (χ3n) is 2.49. The van der Waals surface area contributed by atoms with Gasteiger partial charge >= 0.3 is 0 Å². The number of hydrogen-bond donors (Lipinski definition) is 0. The number of hydrogen-bond acceptors (Lipinski definition) is 3. The lowest BCUT2D eigenvalue weighted by molar-refractivity contribution is 1.34. The molecule has 0 saturated heterocycles. The molecule has 16 heavy (non-hydrogen) atoms. The summed E-state index contributed by atoms with van der Waals surface area (Å²) in [7, 11) is 0. The van der Waals surface area contributed by atoms with Gasteiger partial charge in [-0.25, -0.2) is 4.98 Å². The first-order valence-electron chi connectivity index (χ1n) is 5.10. The molecule has 0 aliphatic rings. The fraction of sp³-hybridized carbons (Fsp3) is 0.0769. The average Bonchev–Trinajstić information content (AvgIpc) is 2.73. The molecule has 3 aromatic rings. The van der Waals surface area contributed by atoms with Gasteiger partial charge in [0.05, 0.1) is 10.9 Å². The van der Waals surface area contributed by atoms with Gasteiger partial charge in [0.15, 0.2) is 0 Å². The maximum Gasteiger partial charge on any atom is 0.124 e. The van der Waals surface area contributed by atoms with Gasteiger partial charge in [-0.15, -0.1) is 11.3 Å². The molecule has 0 bridgehead atoms. The van der Waals surface area contributed by atoms with Crippen LogP contribution >= 0.6 is 11.3 Å². The van der Waals surface area contributed by atoms with Crippen LogP contribution in [0.5, 0.6) is 0 Å². The van der Waals surface area contributed by atoms with Crippen molar-refractivity contribution in [1.29, 1.82) is 0 Å². The lowest BCUT2D eigenvalue weighted by Crippen LogP contribution is -1.76. The quantitative estimate of drug-likeness (QED) is 0.632. The Morgan fingerprint density at radius 1 is 1.06 bits per heavy atom. The monoisotopic (exact) mass is 226 g/mol. The molecule has 2 aromatic heterocycles. The smallest absolute Gasteiger partial charge is 0.124 e. The van der Waals surface area contributed by atoms with Crippen molar-refractivity contribution in [3.63, 3.8) is 0 Å². The molecule has 0 N–H and O–H groups in total. The van der Waals surface area contributed by atoms with E-state index in [0.717, 1.165) is 10.5 Å². The molecule has 3 rings (SSSR count). The number of thiazole rings is 1. The van der Waals surface area contributed by atoms with E-state index in [2.05, 4.69) is 41.2 Å². The summed E-state index contributed by atoms with van der Waals surface area (Å²) >= 11 is 1.71. The molecule has 78 valence electrons. The first kappa shape index (κ1) is 9.48. The standard InChI is InChI=1S/C13H10N2S/c1-9-2-4-10(5-3-9)13-15-11-8-14-7-6-12(11)16-13/h2-8H,1H3. The highest BCUT2D eigenvalue weighted by Crippen LogP contribution is 2.29. The van der Waals surface area contributed by atoms with Crippen molar-refractivity contribution in [2.75, 3.05) is 0 Å². The van der Waals surface area contributed by atoms with Crippen molar-refractivity contribution in [3.8, 4) is 10.6 Å². The lowest BCUT2D eigenvalue weighted by Gasteiger charge is -1.95. The molecule has 0 unspecified atom stereocenters. The highest BCUT2D eigenvalue weighted by molar-refractivity contribution is 7.21. The molecule has 0 aliphatic carbocycles. The van der Waals surface area contributed by atoms with Crippen LogP contribution in [-0.2, 0) is 0 Å². The van der Waals surface area contributed by atoms with Crippen molar-refractivity contribution >= 4 is 21.6 Å². The zero-order valence-corrected chi connectivity index (χ0v) is 9.66. The maximum absolute atomic E-state index is 4.57. The van der Waals surface area contributed by atoms with E-state index in [9.17, 15) is 0 Å². The van der Waals surface area contributed by atoms with E-state index in [1.807, 2.05) is 12.3 Å². The van der Waals surface area contributed by atoms with Crippen LogP contribution in [0.2, 0.25) is 0 Å². The maximum atomic E-state index is 4.57. The second-order valence-electron chi connectivity index (χ2n) is 3.73. The average molecular weight is 226 g/mol. The SMILES string of the molecule is Cc1ccc(-c2nc3cnccc3s2)cc1. The minimum atomic E-state index is 0.975. The van der Waals surface area contributed by atoms with Crippen LogP contribution in [0.1, 0.15) is 5.56 Å². The van der Waals surface area contributed by atoms with Gasteiger partial charge in [-0.2, -0.15) is 0 Å². The Morgan fingerprint density at radius 2 is 1.88 bits per heavy atom. The predicted molar refractivity (Wildman–Crippen MR) is 67.6 cm³/mol. The molecule has 0 amide bonds. The van der Waals surface area contributed by atoms with Crippen molar-refractivity contribution in [2.24, 2.45) is 0 Å². The fourth-order valence-corrected chi connectivity index (χ4v) is 2.54. The van der Waals surface area contributed by atoms with E-state index in [4.69, 9.17) is 0 Å². The Kier molecular flexibility index (Phi) is 2.18. The molecule has 0 saturated carbocycles. The van der Waals surface area contributed by atoms with Gasteiger partial charge in [-0.05, 0) is 13.0 Å². The molecule has 0 fully saturated rings. The van der Waals surface area contributed by atoms with Gasteiger partial charge in [-0.3, -0.25) is 4.98 Å². The van der Waals surface area contributed by atoms with Gasteiger partial charge in [0.25, 0.3) is 0 Å². The number of pyridine rings is 1. The van der Waals surface area contributed by atoms with E-state index >= 15 is 0 Å². The molecule has 2 nitrogen and oxygen atoms in total. The van der Waals surface area contributed by atoms with Crippen molar-refractivity contribution < 1.29 is 0 Å². The van der Waals surface area contributed by atoms with Gasteiger partial charge in [0.1, 0.15) is 10.5 Å². The molecule has 0 atom stereocenters. The van der Waals surface area contributed by atoms with Crippen LogP contribution in [-0.4, -0.2) is 9.97 Å². The summed E-state index contributed by atoms with van der Waals surface area (Å²) in [6.45, 7) is 2.09. The lowest BCUT2D eigenvalue weighted by atomic mass is 10.2. The van der Waals surface area contributed by atoms with Crippen LogP contribution in [0.15, 0.2) is 42.7 Å². The Bertz CT molecular complexity index is 593. The number of aryl methyl sites for hydroxylation is 1. The summed E-state index contributed by atoms with van der Waals surface area (Å²) in [5.41, 5.74) is 3.42. The predicted octanol–water partition coefficient (Wildman–Crippen LogP) is 3.67. The third-order valence-corrected chi connectivity index (χ3v) is 3.57. The Labute approximate surface area is 97.6 Å². The zero-order chi connectivity index (χ0) is 11.0. The van der Waals surface area contributed by atoms with Crippen molar-refractivity contribution in [3.05, 3.63) is 48.3 Å². The molecule has 2 heterocycles. The second kappa shape index (κ2) is 3.68. The molecular weight excluding hydrogens is 216 g/mol. The Balaban J connectivity index is 2.15. The van der Waals surface area contributed by atoms with Crippen LogP contribution < -0.4 is 0 Å². The van der Waals surface area contributed by atoms with E-state index in [1.165, 1.54) is 15.8 Å². The zero-order valence-electron chi connectivity index (χ0n) is 8.84. The van der Waals surface area contributed by atoms with Gasteiger partial charge in [-0.1, -0.05) is 29.8 Å². The summed E-state index contributed by atoms with van der Waals surface area (Å²) in [5, 5.41) is 1.06. The number of rotatable bonds is 1. The summed E-state index contributed by atoms with van der Waals surface area (Å²) in [6.07, 6.45) is 3.61. The minimum Gasteiger partial charge on any atom is -0.262 e. The second-order valence-corrected chi connectivity index (χ2v) is 4.76. The number of aromatic nitrogens is 2. The summed E-state index contributed by atoms with van der Waals surface area (Å²) in [5.74, 6) is 0. The van der Waals surface area contributed by atoms with E-state index in [1.54, 1.807) is 17.5 Å². The highest BCUT2D eigenvalue weighted by atomic mass is 32.1. The minimum absolute atomic E-state index is 0.975. The largest absolute Gasteiger partial charge is 0.262 e. The first-order chi connectivity index (χ1) is 7.83. The Hall–Kier alpha value is -1.74. The van der Waals surface area contributed by atoms with Crippen LogP contribution in [0.3, 0.4) is 0 Å². The summed E-state index contributed by atoms with van der Waals surface area (Å²) < 4.78 is 1.19. The van der Waals surface area contributed by atoms with Crippen molar-refractivity contribution in [2.45, 2.75) is 6.92 Å².